The first-order chi connectivity index (χ1) is 8.49. The van der Waals surface area contributed by atoms with Crippen LogP contribution in [0.4, 0.5) is 8.78 Å². The molecule has 0 saturated carbocycles. The minimum atomic E-state index is -2.80. The molecule has 0 aliphatic heterocycles. The summed E-state index contributed by atoms with van der Waals surface area (Å²) in [5, 5.41) is 0.161. The van der Waals surface area contributed by atoms with Gasteiger partial charge in [0.05, 0.1) is 29.6 Å². The summed E-state index contributed by atoms with van der Waals surface area (Å²) in [5.41, 5.74) is -0.258. The van der Waals surface area contributed by atoms with Gasteiger partial charge in [0.1, 0.15) is 5.69 Å². The third-order valence-corrected chi connectivity index (χ3v) is 2.71. The van der Waals surface area contributed by atoms with E-state index >= 15 is 0 Å². The molecule has 1 aromatic heterocycles. The maximum Gasteiger partial charge on any atom is 0.310 e. The molecule has 1 aromatic rings. The van der Waals surface area contributed by atoms with E-state index in [1.165, 1.54) is 6.07 Å². The second kappa shape index (κ2) is 6.85. The highest BCUT2D eigenvalue weighted by atomic mass is 35.5. The van der Waals surface area contributed by atoms with Gasteiger partial charge >= 0.3 is 5.97 Å². The molecule has 18 heavy (non-hydrogen) atoms. The maximum absolute atomic E-state index is 12.8. The Morgan fingerprint density at radius 3 is 2.72 bits per heavy atom. The number of alkyl halides is 3. The van der Waals surface area contributed by atoms with Gasteiger partial charge in [-0.3, -0.25) is 4.79 Å². The van der Waals surface area contributed by atoms with E-state index in [-0.39, 0.29) is 35.2 Å². The Morgan fingerprint density at radius 1 is 1.56 bits per heavy atom. The van der Waals surface area contributed by atoms with Crippen molar-refractivity contribution < 1.29 is 18.3 Å². The summed E-state index contributed by atoms with van der Waals surface area (Å²) < 4.78 is 30.3. The molecule has 0 bridgehead atoms. The van der Waals surface area contributed by atoms with Crippen LogP contribution in [0, 0.1) is 0 Å². The van der Waals surface area contributed by atoms with Gasteiger partial charge < -0.3 is 4.74 Å². The van der Waals surface area contributed by atoms with E-state index in [1.807, 2.05) is 0 Å². The molecule has 1 heterocycles. The van der Waals surface area contributed by atoms with Crippen LogP contribution in [0.5, 0.6) is 0 Å². The third kappa shape index (κ3) is 3.78. The number of rotatable bonds is 5. The Kier molecular flexibility index (Phi) is 5.75. The molecule has 0 radical (unpaired) electrons. The molecule has 7 heteroatoms. The fourth-order valence-corrected chi connectivity index (χ4v) is 1.89. The zero-order valence-electron chi connectivity index (χ0n) is 9.55. The smallest absolute Gasteiger partial charge is 0.310 e. The lowest BCUT2D eigenvalue weighted by atomic mass is 10.1. The maximum atomic E-state index is 12.8. The van der Waals surface area contributed by atoms with Gasteiger partial charge in [-0.25, -0.2) is 13.8 Å². The summed E-state index contributed by atoms with van der Waals surface area (Å²) in [4.78, 5) is 15.0. The summed E-state index contributed by atoms with van der Waals surface area (Å²) in [7, 11) is 0. The predicted molar refractivity (Wildman–Crippen MR) is 64.1 cm³/mol. The minimum Gasteiger partial charge on any atom is -0.466 e. The van der Waals surface area contributed by atoms with Crippen LogP contribution in [0.15, 0.2) is 6.07 Å². The average molecular weight is 298 g/mol. The predicted octanol–water partition coefficient (Wildman–Crippen LogP) is 3.52. The number of ether oxygens (including phenoxy) is 1. The third-order valence-electron chi connectivity index (χ3n) is 2.13. The van der Waals surface area contributed by atoms with Crippen molar-refractivity contribution in [2.24, 2.45) is 0 Å². The number of pyridine rings is 1. The van der Waals surface area contributed by atoms with Crippen LogP contribution < -0.4 is 0 Å². The lowest BCUT2D eigenvalue weighted by Gasteiger charge is -2.10. The van der Waals surface area contributed by atoms with Gasteiger partial charge in [-0.2, -0.15) is 0 Å². The highest BCUT2D eigenvalue weighted by Gasteiger charge is 2.20. The number of halogens is 4. The van der Waals surface area contributed by atoms with E-state index in [4.69, 9.17) is 27.9 Å². The standard InChI is InChI=1S/C11H11Cl2F2NO2/c1-2-18-9(17)4-6-3-7(13)8(5-12)16-10(6)11(14)15/h3,11H,2,4-5H2,1H3. The molecule has 0 unspecified atom stereocenters. The van der Waals surface area contributed by atoms with Crippen molar-refractivity contribution in [2.75, 3.05) is 6.61 Å². The number of carbonyl (C=O) groups excluding carboxylic acids is 1. The average Bonchev–Trinajstić information content (AvgIpc) is 2.29. The van der Waals surface area contributed by atoms with Crippen molar-refractivity contribution in [1.82, 2.24) is 4.98 Å². The largest absolute Gasteiger partial charge is 0.466 e. The first kappa shape index (κ1) is 15.1. The summed E-state index contributed by atoms with van der Waals surface area (Å²) >= 11 is 11.4. The van der Waals surface area contributed by atoms with E-state index in [2.05, 4.69) is 4.98 Å². The molecule has 0 fully saturated rings. The highest BCUT2D eigenvalue weighted by Crippen LogP contribution is 2.27. The molecule has 0 atom stereocenters. The lowest BCUT2D eigenvalue weighted by molar-refractivity contribution is -0.142. The Morgan fingerprint density at radius 2 is 2.22 bits per heavy atom. The van der Waals surface area contributed by atoms with Crippen molar-refractivity contribution >= 4 is 29.2 Å². The number of hydrogen-bond donors (Lipinski definition) is 0. The minimum absolute atomic E-state index is 0.0577. The van der Waals surface area contributed by atoms with Gasteiger partial charge in [0, 0.05) is 0 Å². The summed E-state index contributed by atoms with van der Waals surface area (Å²) in [5.74, 6) is -0.672. The zero-order chi connectivity index (χ0) is 13.7. The van der Waals surface area contributed by atoms with Crippen LogP contribution >= 0.6 is 23.2 Å². The fraction of sp³-hybridized carbons (Fsp3) is 0.455. The van der Waals surface area contributed by atoms with Gasteiger partial charge in [-0.15, -0.1) is 11.6 Å². The normalized spacial score (nSPS) is 10.8. The van der Waals surface area contributed by atoms with Gasteiger partial charge in [-0.05, 0) is 18.6 Å². The number of nitrogens with zero attached hydrogens (tertiary/aromatic N) is 1. The zero-order valence-corrected chi connectivity index (χ0v) is 11.1. The molecule has 100 valence electrons. The quantitative estimate of drug-likeness (QED) is 0.617. The molecule has 0 N–H and O–H groups in total. The number of hydrogen-bond acceptors (Lipinski definition) is 3. The van der Waals surface area contributed by atoms with Crippen LogP contribution in [0.3, 0.4) is 0 Å². The molecule has 0 aromatic carbocycles. The Hall–Kier alpha value is -0.940. The molecular formula is C11H11Cl2F2NO2. The van der Waals surface area contributed by atoms with Gasteiger partial charge in [0.2, 0.25) is 0 Å². The van der Waals surface area contributed by atoms with Crippen LogP contribution in [-0.2, 0) is 21.8 Å². The summed E-state index contributed by atoms with van der Waals surface area (Å²) in [6, 6.07) is 1.28. The van der Waals surface area contributed by atoms with Gasteiger partial charge in [0.15, 0.2) is 0 Å². The monoisotopic (exact) mass is 297 g/mol. The van der Waals surface area contributed by atoms with E-state index in [1.54, 1.807) is 6.92 Å². The highest BCUT2D eigenvalue weighted by molar-refractivity contribution is 6.32. The van der Waals surface area contributed by atoms with Crippen LogP contribution in [-0.4, -0.2) is 17.6 Å². The van der Waals surface area contributed by atoms with E-state index in [0.29, 0.717) is 0 Å². The van der Waals surface area contributed by atoms with Crippen molar-refractivity contribution in [2.45, 2.75) is 25.7 Å². The van der Waals surface area contributed by atoms with Gasteiger partial charge in [-0.1, -0.05) is 11.6 Å². The van der Waals surface area contributed by atoms with E-state index in [9.17, 15) is 13.6 Å². The first-order valence-electron chi connectivity index (χ1n) is 5.17. The molecule has 0 aliphatic rings. The van der Waals surface area contributed by atoms with Crippen LogP contribution in [0.2, 0.25) is 5.02 Å². The van der Waals surface area contributed by atoms with Crippen molar-refractivity contribution in [3.63, 3.8) is 0 Å². The molecule has 3 nitrogen and oxygen atoms in total. The van der Waals surface area contributed by atoms with Crippen LogP contribution in [0.25, 0.3) is 0 Å². The van der Waals surface area contributed by atoms with E-state index < -0.39 is 18.1 Å². The second-order valence-corrected chi connectivity index (χ2v) is 4.05. The number of carbonyl (C=O) groups is 1. The van der Waals surface area contributed by atoms with E-state index in [0.717, 1.165) is 0 Å². The molecular weight excluding hydrogens is 287 g/mol. The molecule has 0 aliphatic carbocycles. The second-order valence-electron chi connectivity index (χ2n) is 3.38. The fourth-order valence-electron chi connectivity index (χ4n) is 1.37. The van der Waals surface area contributed by atoms with Crippen molar-refractivity contribution in [1.29, 1.82) is 0 Å². The number of esters is 1. The Balaban J connectivity index is 3.09. The summed E-state index contributed by atoms with van der Waals surface area (Å²) in [6.45, 7) is 1.82. The van der Waals surface area contributed by atoms with Gasteiger partial charge in [0.25, 0.3) is 6.43 Å². The topological polar surface area (TPSA) is 39.2 Å². The molecule has 0 spiro atoms. The Labute approximate surface area is 113 Å². The first-order valence-corrected chi connectivity index (χ1v) is 6.08. The molecule has 1 rings (SSSR count). The summed E-state index contributed by atoms with van der Waals surface area (Å²) in [6.07, 6.45) is -3.09. The molecule has 0 amide bonds. The van der Waals surface area contributed by atoms with Crippen molar-refractivity contribution in [3.8, 4) is 0 Å². The SMILES string of the molecule is CCOC(=O)Cc1cc(Cl)c(CCl)nc1C(F)F. The Bertz CT molecular complexity index is 441. The number of aromatic nitrogens is 1. The molecule has 0 saturated heterocycles. The lowest BCUT2D eigenvalue weighted by Crippen LogP contribution is -2.11. The van der Waals surface area contributed by atoms with Crippen molar-refractivity contribution in [3.05, 3.63) is 28.0 Å². The van der Waals surface area contributed by atoms with Crippen LogP contribution in [0.1, 0.15) is 30.3 Å².